The van der Waals surface area contributed by atoms with Crippen molar-refractivity contribution >= 4 is 5.91 Å². The molecule has 1 amide bonds. The Labute approximate surface area is 140 Å². The van der Waals surface area contributed by atoms with Crippen molar-refractivity contribution in [3.63, 3.8) is 0 Å². The molecule has 2 aliphatic heterocycles. The standard InChI is InChI=1S/C15H25N3O6/c1-8(2)3-4-16-5-9-6-18(15(23)17-13(9)22)14-12(21)11(20)10(7-19)24-14/h3,6,10-12,14-16,19-21,23H,4-5,7H2,1-2H3,(H,17,22)/t10-,11?,12?,14-,15?/m1/s1. The second-order valence-electron chi connectivity index (χ2n) is 6.09. The lowest BCUT2D eigenvalue weighted by Crippen LogP contribution is -2.57. The van der Waals surface area contributed by atoms with Gasteiger partial charge in [0.2, 0.25) is 6.35 Å². The maximum absolute atomic E-state index is 11.9. The maximum atomic E-state index is 11.9. The molecule has 2 aliphatic rings. The number of rotatable bonds is 6. The Balaban J connectivity index is 2.08. The summed E-state index contributed by atoms with van der Waals surface area (Å²) in [6, 6.07) is 0. The number of carbonyl (C=O) groups is 1. The molecule has 0 saturated carbocycles. The van der Waals surface area contributed by atoms with Crippen LogP contribution in [0.4, 0.5) is 0 Å². The molecule has 2 heterocycles. The quantitative estimate of drug-likeness (QED) is 0.232. The molecule has 0 aromatic carbocycles. The molecule has 0 spiro atoms. The number of aliphatic hydroxyl groups is 4. The summed E-state index contributed by atoms with van der Waals surface area (Å²) >= 11 is 0. The number of carbonyl (C=O) groups excluding carboxylic acids is 1. The van der Waals surface area contributed by atoms with Crippen LogP contribution >= 0.6 is 0 Å². The Hall–Kier alpha value is -1.49. The van der Waals surface area contributed by atoms with E-state index in [4.69, 9.17) is 9.84 Å². The van der Waals surface area contributed by atoms with Gasteiger partial charge >= 0.3 is 0 Å². The number of nitrogens with one attached hydrogen (secondary N) is 2. The van der Waals surface area contributed by atoms with Gasteiger partial charge < -0.3 is 40.7 Å². The molecular formula is C15H25N3O6. The lowest BCUT2D eigenvalue weighted by molar-refractivity contribution is -0.154. The number of hydrogen-bond acceptors (Lipinski definition) is 8. The van der Waals surface area contributed by atoms with Gasteiger partial charge in [-0.2, -0.15) is 0 Å². The van der Waals surface area contributed by atoms with Crippen molar-refractivity contribution in [2.45, 2.75) is 44.7 Å². The fourth-order valence-electron chi connectivity index (χ4n) is 2.54. The Bertz CT molecular complexity index is 519. The molecule has 136 valence electrons. The van der Waals surface area contributed by atoms with Crippen LogP contribution in [0.5, 0.6) is 0 Å². The molecule has 0 bridgehead atoms. The van der Waals surface area contributed by atoms with Crippen molar-refractivity contribution < 1.29 is 30.0 Å². The highest BCUT2D eigenvalue weighted by Gasteiger charge is 2.47. The first-order chi connectivity index (χ1) is 11.3. The van der Waals surface area contributed by atoms with Crippen LogP contribution in [0, 0.1) is 0 Å². The lowest BCUT2D eigenvalue weighted by Gasteiger charge is -2.37. The zero-order valence-corrected chi connectivity index (χ0v) is 13.7. The number of nitrogens with zero attached hydrogens (tertiary/aromatic N) is 1. The van der Waals surface area contributed by atoms with Gasteiger partial charge in [-0.25, -0.2) is 0 Å². The predicted octanol–water partition coefficient (Wildman–Crippen LogP) is -2.43. The van der Waals surface area contributed by atoms with Crippen molar-refractivity contribution in [2.24, 2.45) is 0 Å². The first kappa shape index (κ1) is 18.8. The molecular weight excluding hydrogens is 318 g/mol. The highest BCUT2D eigenvalue weighted by atomic mass is 16.6. The molecule has 9 nitrogen and oxygen atoms in total. The molecule has 1 fully saturated rings. The summed E-state index contributed by atoms with van der Waals surface area (Å²) in [5, 5.41) is 44.5. The zero-order chi connectivity index (χ0) is 17.9. The van der Waals surface area contributed by atoms with E-state index in [2.05, 4.69) is 10.6 Å². The van der Waals surface area contributed by atoms with Gasteiger partial charge in [0, 0.05) is 24.9 Å². The fraction of sp³-hybridized carbons (Fsp3) is 0.667. The number of hydrogen-bond donors (Lipinski definition) is 6. The first-order valence-electron chi connectivity index (χ1n) is 7.78. The topological polar surface area (TPSA) is 135 Å². The summed E-state index contributed by atoms with van der Waals surface area (Å²) in [7, 11) is 0. The van der Waals surface area contributed by atoms with Crippen LogP contribution in [-0.4, -0.2) is 81.8 Å². The minimum absolute atomic E-state index is 0.258. The van der Waals surface area contributed by atoms with Crippen LogP contribution in [-0.2, 0) is 9.53 Å². The molecule has 3 unspecified atom stereocenters. The molecule has 6 N–H and O–H groups in total. The number of amides is 1. The van der Waals surface area contributed by atoms with Gasteiger partial charge in [0.1, 0.15) is 18.3 Å². The summed E-state index contributed by atoms with van der Waals surface area (Å²) in [5.74, 6) is -0.435. The maximum Gasteiger partial charge on any atom is 0.253 e. The monoisotopic (exact) mass is 343 g/mol. The van der Waals surface area contributed by atoms with Crippen LogP contribution in [0.1, 0.15) is 13.8 Å². The molecule has 0 aliphatic carbocycles. The minimum Gasteiger partial charge on any atom is -0.394 e. The van der Waals surface area contributed by atoms with Crippen molar-refractivity contribution in [1.82, 2.24) is 15.5 Å². The van der Waals surface area contributed by atoms with Crippen molar-refractivity contribution in [1.29, 1.82) is 0 Å². The van der Waals surface area contributed by atoms with Gasteiger partial charge in [-0.05, 0) is 13.8 Å². The third-order valence-corrected chi connectivity index (χ3v) is 3.92. The summed E-state index contributed by atoms with van der Waals surface area (Å²) in [4.78, 5) is 13.2. The number of aliphatic hydroxyl groups excluding tert-OH is 4. The van der Waals surface area contributed by atoms with Gasteiger partial charge in [-0.3, -0.25) is 4.79 Å². The van der Waals surface area contributed by atoms with Gasteiger partial charge in [0.25, 0.3) is 5.91 Å². The second kappa shape index (κ2) is 8.06. The summed E-state index contributed by atoms with van der Waals surface area (Å²) in [5.41, 5.74) is 1.49. The van der Waals surface area contributed by atoms with E-state index < -0.39 is 43.4 Å². The molecule has 9 heteroatoms. The van der Waals surface area contributed by atoms with Crippen molar-refractivity contribution in [2.75, 3.05) is 19.7 Å². The Morgan fingerprint density at radius 2 is 2.08 bits per heavy atom. The van der Waals surface area contributed by atoms with E-state index >= 15 is 0 Å². The van der Waals surface area contributed by atoms with E-state index in [9.17, 15) is 20.1 Å². The highest BCUT2D eigenvalue weighted by Crippen LogP contribution is 2.26. The third-order valence-electron chi connectivity index (χ3n) is 3.92. The Morgan fingerprint density at radius 3 is 2.67 bits per heavy atom. The van der Waals surface area contributed by atoms with Gasteiger partial charge in [-0.15, -0.1) is 0 Å². The van der Waals surface area contributed by atoms with Gasteiger partial charge in [-0.1, -0.05) is 11.6 Å². The van der Waals surface area contributed by atoms with Crippen molar-refractivity contribution in [3.05, 3.63) is 23.4 Å². The minimum atomic E-state index is -1.40. The predicted molar refractivity (Wildman–Crippen MR) is 84.1 cm³/mol. The second-order valence-corrected chi connectivity index (χ2v) is 6.09. The Kier molecular flexibility index (Phi) is 6.33. The molecule has 0 radical (unpaired) electrons. The zero-order valence-electron chi connectivity index (χ0n) is 13.7. The highest BCUT2D eigenvalue weighted by molar-refractivity contribution is 5.94. The molecule has 2 rings (SSSR count). The van der Waals surface area contributed by atoms with E-state index in [1.54, 1.807) is 0 Å². The van der Waals surface area contributed by atoms with Gasteiger partial charge in [0.05, 0.1) is 6.61 Å². The summed E-state index contributed by atoms with van der Waals surface area (Å²) < 4.78 is 5.38. The summed E-state index contributed by atoms with van der Waals surface area (Å²) in [6.07, 6.45) is -2.69. The number of ether oxygens (including phenoxy) is 1. The van der Waals surface area contributed by atoms with Crippen LogP contribution < -0.4 is 10.6 Å². The fourth-order valence-corrected chi connectivity index (χ4v) is 2.54. The molecule has 5 atom stereocenters. The Morgan fingerprint density at radius 1 is 1.38 bits per heavy atom. The van der Waals surface area contributed by atoms with Crippen LogP contribution in [0.2, 0.25) is 0 Å². The summed E-state index contributed by atoms with van der Waals surface area (Å²) in [6.45, 7) is 4.31. The smallest absolute Gasteiger partial charge is 0.253 e. The first-order valence-corrected chi connectivity index (χ1v) is 7.78. The molecule has 0 aromatic heterocycles. The van der Waals surface area contributed by atoms with Crippen LogP contribution in [0.25, 0.3) is 0 Å². The molecule has 1 saturated heterocycles. The van der Waals surface area contributed by atoms with Crippen LogP contribution in [0.15, 0.2) is 23.4 Å². The van der Waals surface area contributed by atoms with Crippen LogP contribution in [0.3, 0.4) is 0 Å². The SMILES string of the molecule is CC(C)=CCNCC1=CN([C@@H]2O[C@H](CO)C(O)C2O)C(O)NC1=O. The van der Waals surface area contributed by atoms with E-state index in [-0.39, 0.29) is 6.54 Å². The van der Waals surface area contributed by atoms with Crippen molar-refractivity contribution in [3.8, 4) is 0 Å². The van der Waals surface area contributed by atoms with Gasteiger partial charge in [0.15, 0.2) is 6.23 Å². The largest absolute Gasteiger partial charge is 0.394 e. The van der Waals surface area contributed by atoms with E-state index in [0.717, 1.165) is 5.57 Å². The average Bonchev–Trinajstić information content (AvgIpc) is 2.81. The number of allylic oxidation sites excluding steroid dienone is 1. The third kappa shape index (κ3) is 4.12. The average molecular weight is 343 g/mol. The van der Waals surface area contributed by atoms with E-state index in [1.807, 2.05) is 19.9 Å². The van der Waals surface area contributed by atoms with E-state index in [0.29, 0.717) is 12.1 Å². The normalized spacial score (nSPS) is 33.2. The molecule has 24 heavy (non-hydrogen) atoms. The molecule has 0 aromatic rings. The van der Waals surface area contributed by atoms with E-state index in [1.165, 1.54) is 11.1 Å². The lowest BCUT2D eigenvalue weighted by atomic mass is 10.1.